The normalized spacial score (nSPS) is 17.8. The summed E-state index contributed by atoms with van der Waals surface area (Å²) >= 11 is 0. The maximum Gasteiger partial charge on any atom is 0.311 e. The third-order valence-corrected chi connectivity index (χ3v) is 5.90. The van der Waals surface area contributed by atoms with E-state index in [0.29, 0.717) is 23.5 Å². The van der Waals surface area contributed by atoms with Crippen LogP contribution in [0.1, 0.15) is 12.0 Å². The lowest BCUT2D eigenvalue weighted by molar-refractivity contribution is -0.386. The lowest BCUT2D eigenvalue weighted by Gasteiger charge is -2.28. The molecule has 0 unspecified atom stereocenters. The molecule has 168 valence electrons. The number of fused-ring (bicyclic) bond motifs is 1. The maximum atomic E-state index is 14.3. The van der Waals surface area contributed by atoms with Crippen LogP contribution in [-0.2, 0) is 0 Å². The Morgan fingerprint density at radius 1 is 1.21 bits per heavy atom. The second-order valence-corrected chi connectivity index (χ2v) is 8.19. The van der Waals surface area contributed by atoms with E-state index in [2.05, 4.69) is 14.9 Å². The highest BCUT2D eigenvalue weighted by Gasteiger charge is 2.28. The number of pyridine rings is 1. The molecule has 9 heteroatoms. The number of nitro benzene ring substituents is 1. The third-order valence-electron chi connectivity index (χ3n) is 5.90. The van der Waals surface area contributed by atoms with E-state index >= 15 is 0 Å². The summed E-state index contributed by atoms with van der Waals surface area (Å²) in [4.78, 5) is 24.1. The van der Waals surface area contributed by atoms with Crippen molar-refractivity contribution in [3.05, 3.63) is 76.2 Å². The van der Waals surface area contributed by atoms with Gasteiger partial charge in [-0.15, -0.1) is 0 Å². The Kier molecular flexibility index (Phi) is 5.47. The van der Waals surface area contributed by atoms with E-state index in [1.165, 1.54) is 12.1 Å². The zero-order valence-electron chi connectivity index (χ0n) is 18.0. The summed E-state index contributed by atoms with van der Waals surface area (Å²) in [5.74, 6) is -0.116. The summed E-state index contributed by atoms with van der Waals surface area (Å²) in [6.07, 6.45) is 3.95. The van der Waals surface area contributed by atoms with Crippen molar-refractivity contribution >= 4 is 23.3 Å². The number of hydrogen-bond donors (Lipinski definition) is 0. The van der Waals surface area contributed by atoms with E-state index < -0.39 is 4.92 Å². The lowest BCUT2D eigenvalue weighted by Crippen LogP contribution is -2.24. The van der Waals surface area contributed by atoms with Gasteiger partial charge in [-0.1, -0.05) is 12.1 Å². The summed E-state index contributed by atoms with van der Waals surface area (Å²) in [7, 11) is 2.00. The van der Waals surface area contributed by atoms with Gasteiger partial charge in [-0.05, 0) is 37.7 Å². The van der Waals surface area contributed by atoms with Crippen LogP contribution in [0.2, 0.25) is 0 Å². The first kappa shape index (κ1) is 21.0. The van der Waals surface area contributed by atoms with Gasteiger partial charge in [0.1, 0.15) is 18.6 Å². The van der Waals surface area contributed by atoms with Crippen LogP contribution in [0.5, 0.6) is 5.75 Å². The molecular weight excluding hydrogens is 425 g/mol. The number of halogens is 1. The van der Waals surface area contributed by atoms with Crippen molar-refractivity contribution in [2.75, 3.05) is 31.7 Å². The van der Waals surface area contributed by atoms with Crippen molar-refractivity contribution in [2.24, 2.45) is 4.99 Å². The number of likely N-dealkylation sites (N-methyl/N-ethyl adjacent to an activating group) is 1. The molecule has 33 heavy (non-hydrogen) atoms. The van der Waals surface area contributed by atoms with Gasteiger partial charge in [0.05, 0.1) is 16.3 Å². The van der Waals surface area contributed by atoms with Crippen molar-refractivity contribution in [3.63, 3.8) is 0 Å². The summed E-state index contributed by atoms with van der Waals surface area (Å²) in [5.41, 5.74) is 2.92. The van der Waals surface area contributed by atoms with Gasteiger partial charge in [0, 0.05) is 54.4 Å². The highest BCUT2D eigenvalue weighted by atomic mass is 19.1. The van der Waals surface area contributed by atoms with Gasteiger partial charge in [0.25, 0.3) is 0 Å². The number of aliphatic imine (C=N–C) groups is 1. The fraction of sp³-hybridized carbons (Fsp3) is 0.250. The van der Waals surface area contributed by atoms with Crippen molar-refractivity contribution in [3.8, 4) is 17.0 Å². The molecular formula is C24H22FN5O3. The van der Waals surface area contributed by atoms with Crippen LogP contribution >= 0.6 is 0 Å². The fourth-order valence-electron chi connectivity index (χ4n) is 4.24. The standard InChI is InChI=1S/C24H22FN5O3/c1-28-9-7-18(14-28)33-24-12-22-16(10-23(24)30(31)32)13-26-15-29(22)17-6-8-27-21(11-17)19-4-2-3-5-20(19)25/h2-6,8,10-13,18H,7,9,14-15H2,1H3/t18-/m1/s1. The molecule has 3 aromatic rings. The maximum absolute atomic E-state index is 14.3. The second-order valence-electron chi connectivity index (χ2n) is 8.19. The number of anilines is 2. The van der Waals surface area contributed by atoms with Gasteiger partial charge >= 0.3 is 5.69 Å². The minimum atomic E-state index is -0.427. The van der Waals surface area contributed by atoms with E-state index in [-0.39, 0.29) is 23.4 Å². The summed E-state index contributed by atoms with van der Waals surface area (Å²) < 4.78 is 20.4. The van der Waals surface area contributed by atoms with Gasteiger partial charge in [0.15, 0.2) is 5.75 Å². The molecule has 5 rings (SSSR count). The molecule has 0 saturated carbocycles. The fourth-order valence-corrected chi connectivity index (χ4v) is 4.24. The number of rotatable bonds is 5. The minimum absolute atomic E-state index is 0.0848. The topological polar surface area (TPSA) is 84.1 Å². The highest BCUT2D eigenvalue weighted by molar-refractivity contribution is 5.94. The predicted octanol–water partition coefficient (Wildman–Crippen LogP) is 4.41. The zero-order valence-corrected chi connectivity index (χ0v) is 18.0. The Labute approximate surface area is 190 Å². The quantitative estimate of drug-likeness (QED) is 0.426. The summed E-state index contributed by atoms with van der Waals surface area (Å²) in [6.45, 7) is 1.92. The van der Waals surface area contributed by atoms with Crippen LogP contribution < -0.4 is 9.64 Å². The Morgan fingerprint density at radius 2 is 2.06 bits per heavy atom. The third kappa shape index (κ3) is 4.14. The van der Waals surface area contributed by atoms with Crippen LogP contribution in [0, 0.1) is 15.9 Å². The molecule has 0 aliphatic carbocycles. The SMILES string of the molecule is CN1CC[C@@H](Oc2cc3c(cc2[N+](=O)[O-])C=NCN3c2ccnc(-c3ccccc3F)c2)C1. The lowest BCUT2D eigenvalue weighted by atomic mass is 10.1. The number of aromatic nitrogens is 1. The van der Waals surface area contributed by atoms with Crippen molar-refractivity contribution in [2.45, 2.75) is 12.5 Å². The van der Waals surface area contributed by atoms with E-state index in [9.17, 15) is 14.5 Å². The summed E-state index contributed by atoms with van der Waals surface area (Å²) in [6, 6.07) is 13.3. The van der Waals surface area contributed by atoms with Gasteiger partial charge in [-0.3, -0.25) is 20.1 Å². The van der Waals surface area contributed by atoms with E-state index in [4.69, 9.17) is 4.74 Å². The molecule has 0 N–H and O–H groups in total. The molecule has 8 nitrogen and oxygen atoms in total. The average molecular weight is 447 g/mol. The first-order valence-corrected chi connectivity index (χ1v) is 10.7. The Balaban J connectivity index is 1.54. The van der Waals surface area contributed by atoms with E-state index in [1.54, 1.807) is 42.7 Å². The number of nitrogens with zero attached hydrogens (tertiary/aromatic N) is 5. The first-order chi connectivity index (χ1) is 16.0. The number of likely N-dealkylation sites (tertiary alicyclic amines) is 1. The van der Waals surface area contributed by atoms with Crippen LogP contribution in [0.3, 0.4) is 0 Å². The molecule has 0 radical (unpaired) electrons. The molecule has 1 atom stereocenters. The number of benzene rings is 2. The molecule has 1 fully saturated rings. The number of hydrogen-bond acceptors (Lipinski definition) is 7. The van der Waals surface area contributed by atoms with E-state index in [0.717, 1.165) is 30.9 Å². The van der Waals surface area contributed by atoms with Crippen molar-refractivity contribution in [1.29, 1.82) is 0 Å². The van der Waals surface area contributed by atoms with Crippen LogP contribution in [0.4, 0.5) is 21.5 Å². The predicted molar refractivity (Wildman–Crippen MR) is 124 cm³/mol. The Morgan fingerprint density at radius 3 is 2.82 bits per heavy atom. The van der Waals surface area contributed by atoms with Crippen LogP contribution in [0.25, 0.3) is 11.3 Å². The van der Waals surface area contributed by atoms with Crippen LogP contribution in [0.15, 0.2) is 59.7 Å². The minimum Gasteiger partial charge on any atom is -0.482 e. The van der Waals surface area contributed by atoms with Crippen molar-refractivity contribution in [1.82, 2.24) is 9.88 Å². The molecule has 2 aromatic carbocycles. The number of ether oxygens (including phenoxy) is 1. The van der Waals surface area contributed by atoms with E-state index in [1.807, 2.05) is 18.0 Å². The molecule has 0 bridgehead atoms. The molecule has 0 spiro atoms. The largest absolute Gasteiger partial charge is 0.482 e. The average Bonchev–Trinajstić information content (AvgIpc) is 3.23. The Bertz CT molecular complexity index is 1250. The second kappa shape index (κ2) is 8.59. The monoisotopic (exact) mass is 447 g/mol. The highest BCUT2D eigenvalue weighted by Crippen LogP contribution is 2.40. The number of nitro groups is 1. The van der Waals surface area contributed by atoms with Gasteiger partial charge in [-0.2, -0.15) is 0 Å². The molecule has 0 amide bonds. The van der Waals surface area contributed by atoms with Gasteiger partial charge in [-0.25, -0.2) is 4.39 Å². The molecule has 1 aromatic heterocycles. The van der Waals surface area contributed by atoms with Crippen LogP contribution in [-0.4, -0.2) is 53.9 Å². The van der Waals surface area contributed by atoms with Crippen molar-refractivity contribution < 1.29 is 14.1 Å². The van der Waals surface area contributed by atoms with Gasteiger partial charge < -0.3 is 14.5 Å². The molecule has 1 saturated heterocycles. The summed E-state index contributed by atoms with van der Waals surface area (Å²) in [5, 5.41) is 11.7. The van der Waals surface area contributed by atoms with Gasteiger partial charge in [0.2, 0.25) is 0 Å². The first-order valence-electron chi connectivity index (χ1n) is 10.7. The molecule has 3 heterocycles. The molecule has 2 aliphatic rings. The smallest absolute Gasteiger partial charge is 0.311 e. The Hall–Kier alpha value is -3.85. The molecule has 2 aliphatic heterocycles. The zero-order chi connectivity index (χ0) is 22.9.